The van der Waals surface area contributed by atoms with E-state index in [1.165, 1.54) is 11.1 Å². The van der Waals surface area contributed by atoms with E-state index in [4.69, 9.17) is 9.72 Å². The normalized spacial score (nSPS) is 23.4. The number of ether oxygens (including phenoxy) is 1. The van der Waals surface area contributed by atoms with Gasteiger partial charge in [-0.1, -0.05) is 13.8 Å². The lowest BCUT2D eigenvalue weighted by molar-refractivity contribution is 0.0340. The van der Waals surface area contributed by atoms with Crippen LogP contribution in [0.4, 0.5) is 5.82 Å². The van der Waals surface area contributed by atoms with Gasteiger partial charge in [-0.2, -0.15) is 0 Å². The van der Waals surface area contributed by atoms with E-state index < -0.39 is 0 Å². The fourth-order valence-corrected chi connectivity index (χ4v) is 2.54. The number of aromatic nitrogens is 1. The smallest absolute Gasteiger partial charge is 0.131 e. The van der Waals surface area contributed by atoms with Gasteiger partial charge in [0.25, 0.3) is 0 Å². The Labute approximate surface area is 122 Å². The first kappa shape index (κ1) is 15.3. The summed E-state index contributed by atoms with van der Waals surface area (Å²) >= 11 is 0. The Balaban J connectivity index is 2.12. The topological polar surface area (TPSA) is 37.4 Å². The summed E-state index contributed by atoms with van der Waals surface area (Å²) in [5.74, 6) is 1.10. The van der Waals surface area contributed by atoms with Crippen LogP contribution >= 0.6 is 0 Å². The fraction of sp³-hybridized carbons (Fsp3) is 0.688. The molecular weight excluding hydrogens is 250 g/mol. The van der Waals surface area contributed by atoms with Crippen molar-refractivity contribution in [3.63, 3.8) is 0 Å². The molecule has 0 aliphatic carbocycles. The Bertz CT molecular complexity index is 447. The van der Waals surface area contributed by atoms with Crippen molar-refractivity contribution >= 4 is 5.82 Å². The van der Waals surface area contributed by atoms with Crippen molar-refractivity contribution in [3.05, 3.63) is 23.4 Å². The van der Waals surface area contributed by atoms with E-state index in [9.17, 15) is 0 Å². The SMILES string of the molecule is Cc1cc(CNC(C)C)cnc1N1CC(C)OCC1C. The van der Waals surface area contributed by atoms with Gasteiger partial charge in [0.15, 0.2) is 0 Å². The average molecular weight is 277 g/mol. The van der Waals surface area contributed by atoms with Gasteiger partial charge in [0.05, 0.1) is 18.8 Å². The third kappa shape index (κ3) is 3.70. The number of morpholine rings is 1. The van der Waals surface area contributed by atoms with Crippen molar-refractivity contribution in [2.24, 2.45) is 0 Å². The Kier molecular flexibility index (Phi) is 5.00. The van der Waals surface area contributed by atoms with E-state index >= 15 is 0 Å². The molecule has 0 spiro atoms. The van der Waals surface area contributed by atoms with E-state index in [0.717, 1.165) is 25.5 Å². The molecule has 1 fully saturated rings. The minimum atomic E-state index is 0.273. The number of aryl methyl sites for hydroxylation is 1. The zero-order valence-electron chi connectivity index (χ0n) is 13.3. The van der Waals surface area contributed by atoms with Gasteiger partial charge >= 0.3 is 0 Å². The molecule has 1 N–H and O–H groups in total. The molecule has 0 saturated carbocycles. The average Bonchev–Trinajstić information content (AvgIpc) is 2.39. The van der Waals surface area contributed by atoms with Crippen molar-refractivity contribution in [2.45, 2.75) is 59.4 Å². The maximum atomic E-state index is 5.69. The van der Waals surface area contributed by atoms with Crippen molar-refractivity contribution in [1.29, 1.82) is 0 Å². The first-order chi connectivity index (χ1) is 9.47. The van der Waals surface area contributed by atoms with Gasteiger partial charge in [-0.3, -0.25) is 0 Å². The second-order valence-electron chi connectivity index (χ2n) is 6.17. The summed E-state index contributed by atoms with van der Waals surface area (Å²) in [7, 11) is 0. The standard InChI is InChI=1S/C16H27N3O/c1-11(2)17-7-15-6-12(3)16(18-8-15)19-9-14(5)20-10-13(19)4/h6,8,11,13-14,17H,7,9-10H2,1-5H3. The largest absolute Gasteiger partial charge is 0.375 e. The summed E-state index contributed by atoms with van der Waals surface area (Å²) in [5.41, 5.74) is 2.49. The second kappa shape index (κ2) is 6.55. The summed E-state index contributed by atoms with van der Waals surface area (Å²) in [6.07, 6.45) is 2.26. The number of nitrogens with one attached hydrogen (secondary N) is 1. The number of nitrogens with zero attached hydrogens (tertiary/aromatic N) is 2. The van der Waals surface area contributed by atoms with E-state index in [1.807, 2.05) is 6.20 Å². The number of hydrogen-bond donors (Lipinski definition) is 1. The van der Waals surface area contributed by atoms with Gasteiger partial charge in [-0.25, -0.2) is 4.98 Å². The van der Waals surface area contributed by atoms with Gasteiger partial charge < -0.3 is 15.0 Å². The molecule has 1 aliphatic heterocycles. The van der Waals surface area contributed by atoms with Crippen LogP contribution in [0, 0.1) is 6.92 Å². The highest BCUT2D eigenvalue weighted by Crippen LogP contribution is 2.23. The molecule has 2 unspecified atom stereocenters. The van der Waals surface area contributed by atoms with Gasteiger partial charge in [-0.15, -0.1) is 0 Å². The molecule has 2 rings (SSSR count). The molecule has 0 aromatic carbocycles. The molecule has 2 atom stereocenters. The Morgan fingerprint density at radius 2 is 2.20 bits per heavy atom. The molecule has 4 nitrogen and oxygen atoms in total. The molecule has 1 saturated heterocycles. The Hall–Kier alpha value is -1.13. The minimum absolute atomic E-state index is 0.273. The molecule has 0 bridgehead atoms. The number of hydrogen-bond acceptors (Lipinski definition) is 4. The number of anilines is 1. The number of rotatable bonds is 4. The van der Waals surface area contributed by atoms with Crippen LogP contribution in [-0.4, -0.2) is 36.3 Å². The first-order valence-corrected chi connectivity index (χ1v) is 7.54. The molecule has 112 valence electrons. The van der Waals surface area contributed by atoms with Crippen LogP contribution < -0.4 is 10.2 Å². The van der Waals surface area contributed by atoms with Gasteiger partial charge in [-0.05, 0) is 38.0 Å². The summed E-state index contributed by atoms with van der Waals surface area (Å²) in [5, 5.41) is 3.43. The van der Waals surface area contributed by atoms with Crippen molar-refractivity contribution in [1.82, 2.24) is 10.3 Å². The van der Waals surface area contributed by atoms with E-state index in [0.29, 0.717) is 12.1 Å². The molecule has 0 radical (unpaired) electrons. The summed E-state index contributed by atoms with van der Waals surface area (Å²) < 4.78 is 5.69. The Morgan fingerprint density at radius 1 is 1.45 bits per heavy atom. The fourth-order valence-electron chi connectivity index (χ4n) is 2.54. The lowest BCUT2D eigenvalue weighted by Crippen LogP contribution is -2.48. The van der Waals surface area contributed by atoms with E-state index in [2.05, 4.69) is 50.9 Å². The summed E-state index contributed by atoms with van der Waals surface area (Å²) in [6, 6.07) is 3.12. The lowest BCUT2D eigenvalue weighted by atomic mass is 10.1. The minimum Gasteiger partial charge on any atom is -0.375 e. The molecule has 1 aromatic rings. The van der Waals surface area contributed by atoms with Gasteiger partial charge in [0.2, 0.25) is 0 Å². The maximum absolute atomic E-state index is 5.69. The highest BCUT2D eigenvalue weighted by molar-refractivity contribution is 5.48. The second-order valence-corrected chi connectivity index (χ2v) is 6.17. The van der Waals surface area contributed by atoms with Crippen LogP contribution in [0.5, 0.6) is 0 Å². The van der Waals surface area contributed by atoms with Crippen molar-refractivity contribution < 1.29 is 4.74 Å². The monoisotopic (exact) mass is 277 g/mol. The molecule has 20 heavy (non-hydrogen) atoms. The third-order valence-corrected chi connectivity index (χ3v) is 3.70. The molecule has 1 aliphatic rings. The highest BCUT2D eigenvalue weighted by Gasteiger charge is 2.25. The van der Waals surface area contributed by atoms with Crippen molar-refractivity contribution in [3.8, 4) is 0 Å². The number of pyridine rings is 1. The van der Waals surface area contributed by atoms with Crippen molar-refractivity contribution in [2.75, 3.05) is 18.1 Å². The van der Waals surface area contributed by atoms with Gasteiger partial charge in [0, 0.05) is 25.3 Å². The Morgan fingerprint density at radius 3 is 2.85 bits per heavy atom. The molecular formula is C16H27N3O. The lowest BCUT2D eigenvalue weighted by Gasteiger charge is -2.38. The van der Waals surface area contributed by atoms with Crippen LogP contribution in [-0.2, 0) is 11.3 Å². The molecule has 2 heterocycles. The molecule has 1 aromatic heterocycles. The zero-order valence-corrected chi connectivity index (χ0v) is 13.3. The van der Waals surface area contributed by atoms with E-state index in [-0.39, 0.29) is 6.10 Å². The highest BCUT2D eigenvalue weighted by atomic mass is 16.5. The maximum Gasteiger partial charge on any atom is 0.131 e. The van der Waals surface area contributed by atoms with Crippen LogP contribution in [0.15, 0.2) is 12.3 Å². The predicted octanol–water partition coefficient (Wildman–Crippen LogP) is 2.50. The van der Waals surface area contributed by atoms with Crippen LogP contribution in [0.2, 0.25) is 0 Å². The quantitative estimate of drug-likeness (QED) is 0.917. The summed E-state index contributed by atoms with van der Waals surface area (Å²) in [6.45, 7) is 13.3. The predicted molar refractivity (Wildman–Crippen MR) is 83.2 cm³/mol. The van der Waals surface area contributed by atoms with E-state index in [1.54, 1.807) is 0 Å². The van der Waals surface area contributed by atoms with Crippen LogP contribution in [0.25, 0.3) is 0 Å². The summed E-state index contributed by atoms with van der Waals surface area (Å²) in [4.78, 5) is 7.06. The zero-order chi connectivity index (χ0) is 14.7. The van der Waals surface area contributed by atoms with Gasteiger partial charge in [0.1, 0.15) is 5.82 Å². The molecule has 4 heteroatoms. The van der Waals surface area contributed by atoms with Crippen LogP contribution in [0.3, 0.4) is 0 Å². The first-order valence-electron chi connectivity index (χ1n) is 7.54. The van der Waals surface area contributed by atoms with Crippen LogP contribution in [0.1, 0.15) is 38.8 Å². The third-order valence-electron chi connectivity index (χ3n) is 3.70. The molecule has 0 amide bonds.